The van der Waals surface area contributed by atoms with Crippen LogP contribution in [-0.4, -0.2) is 48.1 Å². The fraction of sp³-hybridized carbons (Fsp3) is 0.500. The van der Waals surface area contributed by atoms with Crippen LogP contribution in [0.4, 0.5) is 5.69 Å². The Morgan fingerprint density at radius 3 is 2.68 bits per heavy atom. The molecule has 1 saturated carbocycles. The van der Waals surface area contributed by atoms with E-state index in [4.69, 9.17) is 4.74 Å². The van der Waals surface area contributed by atoms with Crippen molar-refractivity contribution in [1.29, 1.82) is 0 Å². The van der Waals surface area contributed by atoms with Crippen molar-refractivity contribution in [3.05, 3.63) is 29.8 Å². The molecule has 6 heteroatoms. The number of nitrogens with one attached hydrogen (secondary N) is 1. The molecule has 1 aromatic carbocycles. The second-order valence-corrected chi connectivity index (χ2v) is 5.92. The Kier molecular flexibility index (Phi) is 4.13. The summed E-state index contributed by atoms with van der Waals surface area (Å²) in [7, 11) is 1.67. The second-order valence-electron chi connectivity index (χ2n) is 5.92. The molecular weight excluding hydrogens is 284 g/mol. The molecule has 1 aromatic rings. The lowest BCUT2D eigenvalue weighted by Crippen LogP contribution is -2.49. The van der Waals surface area contributed by atoms with E-state index in [9.17, 15) is 14.7 Å². The number of ether oxygens (including phenoxy) is 1. The summed E-state index contributed by atoms with van der Waals surface area (Å²) < 4.78 is 5.21. The van der Waals surface area contributed by atoms with Crippen LogP contribution < -0.4 is 5.32 Å². The highest BCUT2D eigenvalue weighted by molar-refractivity contribution is 5.94. The molecule has 2 aliphatic rings. The molecule has 2 atom stereocenters. The third-order valence-corrected chi connectivity index (χ3v) is 4.24. The number of amides is 2. The van der Waals surface area contributed by atoms with Crippen molar-refractivity contribution < 1.29 is 19.4 Å². The van der Waals surface area contributed by atoms with Crippen molar-refractivity contribution in [3.8, 4) is 0 Å². The summed E-state index contributed by atoms with van der Waals surface area (Å²) in [5, 5.41) is 13.3. The van der Waals surface area contributed by atoms with Crippen LogP contribution in [0.5, 0.6) is 0 Å². The highest BCUT2D eigenvalue weighted by atomic mass is 16.5. The number of aliphatic hydroxyl groups excluding tert-OH is 1. The van der Waals surface area contributed by atoms with Gasteiger partial charge in [0.2, 0.25) is 11.8 Å². The molecule has 1 aliphatic heterocycles. The third-order valence-electron chi connectivity index (χ3n) is 4.24. The lowest BCUT2D eigenvalue weighted by Gasteiger charge is -2.35. The zero-order valence-corrected chi connectivity index (χ0v) is 12.5. The second kappa shape index (κ2) is 6.06. The number of carbonyl (C=O) groups excluding carboxylic acids is 2. The van der Waals surface area contributed by atoms with Crippen molar-refractivity contribution >= 4 is 17.5 Å². The van der Waals surface area contributed by atoms with E-state index >= 15 is 0 Å². The molecule has 0 bridgehead atoms. The Balaban J connectivity index is 1.66. The Bertz CT molecular complexity index is 568. The molecule has 0 aromatic heterocycles. The van der Waals surface area contributed by atoms with E-state index in [1.54, 1.807) is 31.3 Å². The number of anilines is 1. The van der Waals surface area contributed by atoms with Gasteiger partial charge < -0.3 is 20.1 Å². The monoisotopic (exact) mass is 304 g/mol. The summed E-state index contributed by atoms with van der Waals surface area (Å²) in [6.45, 7) is 0.370. The standard InChI is InChI=1S/C16H20N2O4/c1-18-13(8-22-9-14(18)19)15(20)10-4-6-12(7-5-10)17-16(21)11-2-3-11/h4-7,11,13,15,20H,2-3,8-9H2,1H3,(H,17,21)/t13-,15-/m1/s1. The smallest absolute Gasteiger partial charge is 0.248 e. The van der Waals surface area contributed by atoms with Gasteiger partial charge in [0.1, 0.15) is 12.7 Å². The summed E-state index contributed by atoms with van der Waals surface area (Å²) in [5.41, 5.74) is 1.41. The van der Waals surface area contributed by atoms with Gasteiger partial charge in [-0.25, -0.2) is 0 Å². The largest absolute Gasteiger partial charge is 0.386 e. The third kappa shape index (κ3) is 3.13. The predicted octanol–water partition coefficient (Wildman–Crippen LogP) is 0.926. The van der Waals surface area contributed by atoms with E-state index in [0.29, 0.717) is 12.2 Å². The minimum absolute atomic E-state index is 0.0549. The van der Waals surface area contributed by atoms with E-state index in [0.717, 1.165) is 18.5 Å². The number of morpholine rings is 1. The Labute approximate surface area is 129 Å². The van der Waals surface area contributed by atoms with Gasteiger partial charge in [-0.05, 0) is 30.5 Å². The molecule has 2 amide bonds. The maximum absolute atomic E-state index is 11.7. The first-order valence-electron chi connectivity index (χ1n) is 7.48. The lowest BCUT2D eigenvalue weighted by atomic mass is 10.0. The van der Waals surface area contributed by atoms with Gasteiger partial charge in [0, 0.05) is 18.7 Å². The zero-order valence-electron chi connectivity index (χ0n) is 12.5. The SMILES string of the molecule is CN1C(=O)COC[C@@H]1[C@H](O)c1ccc(NC(=O)C2CC2)cc1. The normalized spacial score (nSPS) is 23.3. The highest BCUT2D eigenvalue weighted by Gasteiger charge is 2.32. The molecule has 2 N–H and O–H groups in total. The number of carbonyl (C=O) groups is 2. The average molecular weight is 304 g/mol. The maximum Gasteiger partial charge on any atom is 0.248 e. The van der Waals surface area contributed by atoms with Gasteiger partial charge in [-0.1, -0.05) is 12.1 Å². The van der Waals surface area contributed by atoms with Crippen LogP contribution in [0.1, 0.15) is 24.5 Å². The molecule has 1 heterocycles. The van der Waals surface area contributed by atoms with Gasteiger partial charge in [0.05, 0.1) is 12.6 Å². The Morgan fingerprint density at radius 1 is 1.36 bits per heavy atom. The van der Waals surface area contributed by atoms with Gasteiger partial charge >= 0.3 is 0 Å². The maximum atomic E-state index is 11.7. The van der Waals surface area contributed by atoms with Crippen LogP contribution in [0.25, 0.3) is 0 Å². The zero-order chi connectivity index (χ0) is 15.7. The molecule has 0 radical (unpaired) electrons. The van der Waals surface area contributed by atoms with Crippen LogP contribution in [0.3, 0.4) is 0 Å². The fourth-order valence-electron chi connectivity index (χ4n) is 2.54. The highest BCUT2D eigenvalue weighted by Crippen LogP contribution is 2.30. The van der Waals surface area contributed by atoms with Crippen LogP contribution in [-0.2, 0) is 14.3 Å². The van der Waals surface area contributed by atoms with E-state index in [1.807, 2.05) is 0 Å². The van der Waals surface area contributed by atoms with E-state index in [1.165, 1.54) is 4.90 Å². The molecule has 3 rings (SSSR count). The first kappa shape index (κ1) is 15.0. The first-order valence-corrected chi connectivity index (χ1v) is 7.48. The van der Waals surface area contributed by atoms with Crippen LogP contribution >= 0.6 is 0 Å². The molecule has 0 spiro atoms. The summed E-state index contributed by atoms with van der Waals surface area (Å²) in [6.07, 6.45) is 1.11. The van der Waals surface area contributed by atoms with Crippen molar-refractivity contribution in [1.82, 2.24) is 4.90 Å². The van der Waals surface area contributed by atoms with Gasteiger partial charge in [0.25, 0.3) is 0 Å². The molecule has 1 saturated heterocycles. The minimum Gasteiger partial charge on any atom is -0.386 e. The molecule has 1 aliphatic carbocycles. The van der Waals surface area contributed by atoms with Crippen molar-refractivity contribution in [2.45, 2.75) is 25.0 Å². The Morgan fingerprint density at radius 2 is 2.05 bits per heavy atom. The molecule has 0 unspecified atom stereocenters. The van der Waals surface area contributed by atoms with Gasteiger partial charge in [-0.15, -0.1) is 0 Å². The quantitative estimate of drug-likeness (QED) is 0.867. The number of hydrogen-bond acceptors (Lipinski definition) is 4. The number of hydrogen-bond donors (Lipinski definition) is 2. The topological polar surface area (TPSA) is 78.9 Å². The molecule has 2 fully saturated rings. The lowest BCUT2D eigenvalue weighted by molar-refractivity contribution is -0.151. The van der Waals surface area contributed by atoms with Gasteiger partial charge in [-0.3, -0.25) is 9.59 Å². The van der Waals surface area contributed by atoms with Gasteiger partial charge in [-0.2, -0.15) is 0 Å². The minimum atomic E-state index is -0.817. The van der Waals surface area contributed by atoms with Crippen LogP contribution in [0.2, 0.25) is 0 Å². The summed E-state index contributed by atoms with van der Waals surface area (Å²) in [5.74, 6) is 0.0762. The number of nitrogens with zero attached hydrogens (tertiary/aromatic N) is 1. The first-order chi connectivity index (χ1) is 10.6. The number of rotatable bonds is 4. The Hall–Kier alpha value is -1.92. The molecule has 6 nitrogen and oxygen atoms in total. The van der Waals surface area contributed by atoms with Crippen molar-refractivity contribution in [3.63, 3.8) is 0 Å². The number of benzene rings is 1. The summed E-state index contributed by atoms with van der Waals surface area (Å²) in [6, 6.07) is 6.67. The number of aliphatic hydroxyl groups is 1. The summed E-state index contributed by atoms with van der Waals surface area (Å²) in [4.78, 5) is 24.9. The fourth-order valence-corrected chi connectivity index (χ4v) is 2.54. The average Bonchev–Trinajstić information content (AvgIpc) is 3.35. The summed E-state index contributed by atoms with van der Waals surface area (Å²) >= 11 is 0. The number of likely N-dealkylation sites (N-methyl/N-ethyl adjacent to an activating group) is 1. The van der Waals surface area contributed by atoms with Crippen LogP contribution in [0, 0.1) is 5.92 Å². The van der Waals surface area contributed by atoms with Gasteiger partial charge in [0.15, 0.2) is 0 Å². The molecular formula is C16H20N2O4. The predicted molar refractivity (Wildman–Crippen MR) is 80.1 cm³/mol. The molecule has 118 valence electrons. The van der Waals surface area contributed by atoms with Crippen molar-refractivity contribution in [2.24, 2.45) is 5.92 Å². The van der Waals surface area contributed by atoms with E-state index in [-0.39, 0.29) is 24.3 Å². The molecule has 22 heavy (non-hydrogen) atoms. The van der Waals surface area contributed by atoms with E-state index < -0.39 is 12.1 Å². The van der Waals surface area contributed by atoms with Crippen LogP contribution in [0.15, 0.2) is 24.3 Å². The van der Waals surface area contributed by atoms with Crippen molar-refractivity contribution in [2.75, 3.05) is 25.6 Å². The van der Waals surface area contributed by atoms with E-state index in [2.05, 4.69) is 5.32 Å².